The number of amides is 2. The summed E-state index contributed by atoms with van der Waals surface area (Å²) in [6.45, 7) is 4.75. The van der Waals surface area contributed by atoms with Crippen molar-refractivity contribution < 1.29 is 9.53 Å². The number of fused-ring (bicyclic) bond motifs is 3. The maximum atomic E-state index is 12.7. The molecule has 4 rings (SSSR count). The van der Waals surface area contributed by atoms with E-state index in [0.717, 1.165) is 29.0 Å². The molecule has 2 aromatic rings. The van der Waals surface area contributed by atoms with E-state index < -0.39 is 0 Å². The summed E-state index contributed by atoms with van der Waals surface area (Å²) in [5.41, 5.74) is 4.32. The van der Waals surface area contributed by atoms with Gasteiger partial charge in [-0.25, -0.2) is 4.79 Å². The lowest BCUT2D eigenvalue weighted by atomic mass is 9.92. The Hall–Kier alpha value is -2.49. The Labute approximate surface area is 136 Å². The van der Waals surface area contributed by atoms with Crippen molar-refractivity contribution in [2.45, 2.75) is 32.4 Å². The fourth-order valence-corrected chi connectivity index (χ4v) is 3.50. The summed E-state index contributed by atoms with van der Waals surface area (Å²) in [7, 11) is 0. The minimum atomic E-state index is -0.136. The fraction of sp³-hybridized carbons (Fsp3) is 0.316. The highest BCUT2D eigenvalue weighted by Gasteiger charge is 2.37. The number of benzene rings is 2. The molecule has 0 saturated heterocycles. The first-order valence-electron chi connectivity index (χ1n) is 8.10. The van der Waals surface area contributed by atoms with Crippen LogP contribution in [0.4, 0.5) is 10.5 Å². The van der Waals surface area contributed by atoms with Crippen LogP contribution >= 0.6 is 0 Å². The molecule has 1 atom stereocenters. The van der Waals surface area contributed by atoms with Crippen molar-refractivity contribution in [3.8, 4) is 5.75 Å². The first kappa shape index (κ1) is 14.1. The number of rotatable bonds is 2. The quantitative estimate of drug-likeness (QED) is 0.920. The van der Waals surface area contributed by atoms with Crippen LogP contribution in [0.25, 0.3) is 0 Å². The number of hydrogen-bond acceptors (Lipinski definition) is 2. The Balaban J connectivity index is 1.92. The second-order valence-electron chi connectivity index (χ2n) is 6.35. The lowest BCUT2D eigenvalue weighted by Gasteiger charge is -2.38. The number of hydrogen-bond donors (Lipinski definition) is 1. The first-order valence-corrected chi connectivity index (χ1v) is 8.10. The van der Waals surface area contributed by atoms with Crippen molar-refractivity contribution in [2.24, 2.45) is 0 Å². The maximum Gasteiger partial charge on any atom is 0.323 e. The summed E-state index contributed by atoms with van der Waals surface area (Å²) in [5.74, 6) is 0.881. The molecule has 1 N–H and O–H groups in total. The molecule has 118 valence electrons. The molecule has 0 saturated carbocycles. The van der Waals surface area contributed by atoms with Crippen LogP contribution in [-0.4, -0.2) is 18.7 Å². The largest absolute Gasteiger partial charge is 0.491 e. The molecule has 0 radical (unpaired) electrons. The van der Waals surface area contributed by atoms with Crippen molar-refractivity contribution in [3.63, 3.8) is 0 Å². The molecule has 0 aromatic heterocycles. The molecule has 2 aromatic carbocycles. The minimum absolute atomic E-state index is 0.0646. The number of urea groups is 1. The van der Waals surface area contributed by atoms with Crippen LogP contribution in [-0.2, 0) is 6.42 Å². The Kier molecular flexibility index (Phi) is 3.26. The molecule has 0 bridgehead atoms. The summed E-state index contributed by atoms with van der Waals surface area (Å²) in [6, 6.07) is 14.2. The third-order valence-corrected chi connectivity index (χ3v) is 4.55. The van der Waals surface area contributed by atoms with E-state index >= 15 is 0 Å². The van der Waals surface area contributed by atoms with Crippen LogP contribution in [0, 0.1) is 0 Å². The Morgan fingerprint density at radius 2 is 1.96 bits per heavy atom. The molecule has 2 aliphatic heterocycles. The summed E-state index contributed by atoms with van der Waals surface area (Å²) >= 11 is 0. The van der Waals surface area contributed by atoms with Gasteiger partial charge < -0.3 is 10.1 Å². The molecule has 2 aliphatic rings. The molecular weight excluding hydrogens is 288 g/mol. The Morgan fingerprint density at radius 1 is 1.17 bits per heavy atom. The van der Waals surface area contributed by atoms with Gasteiger partial charge in [-0.15, -0.1) is 0 Å². The predicted molar refractivity (Wildman–Crippen MR) is 90.1 cm³/mol. The topological polar surface area (TPSA) is 41.6 Å². The van der Waals surface area contributed by atoms with E-state index in [1.807, 2.05) is 49.1 Å². The van der Waals surface area contributed by atoms with Gasteiger partial charge in [-0.1, -0.05) is 42.5 Å². The minimum Gasteiger partial charge on any atom is -0.491 e. The molecule has 0 fully saturated rings. The number of nitrogens with one attached hydrogen (secondary N) is 1. The van der Waals surface area contributed by atoms with E-state index in [1.165, 1.54) is 5.56 Å². The first-order chi connectivity index (χ1) is 11.2. The van der Waals surface area contributed by atoms with Gasteiger partial charge in [-0.3, -0.25) is 4.90 Å². The zero-order valence-electron chi connectivity index (χ0n) is 13.4. The molecule has 4 nitrogen and oxygen atoms in total. The lowest BCUT2D eigenvalue weighted by Crippen LogP contribution is -2.50. The summed E-state index contributed by atoms with van der Waals surface area (Å²) < 4.78 is 5.89. The monoisotopic (exact) mass is 308 g/mol. The zero-order valence-corrected chi connectivity index (χ0v) is 13.4. The van der Waals surface area contributed by atoms with E-state index in [9.17, 15) is 4.79 Å². The van der Waals surface area contributed by atoms with Gasteiger partial charge in [-0.2, -0.15) is 0 Å². The van der Waals surface area contributed by atoms with Crippen molar-refractivity contribution in [3.05, 3.63) is 59.2 Å². The van der Waals surface area contributed by atoms with E-state index in [1.54, 1.807) is 0 Å². The SMILES string of the molecule is CC(C)N1C(=O)NC(c2ccccc2)c2ccc3c(c21)OCC3. The summed E-state index contributed by atoms with van der Waals surface area (Å²) in [6.07, 6.45) is 0.909. The number of carbonyl (C=O) groups is 1. The van der Waals surface area contributed by atoms with Gasteiger partial charge in [0.1, 0.15) is 5.75 Å². The summed E-state index contributed by atoms with van der Waals surface area (Å²) in [4.78, 5) is 14.6. The van der Waals surface area contributed by atoms with Crippen LogP contribution in [0.5, 0.6) is 5.75 Å². The molecule has 4 heteroatoms. The second kappa shape index (κ2) is 5.30. The van der Waals surface area contributed by atoms with Gasteiger partial charge in [0.25, 0.3) is 0 Å². The molecule has 0 spiro atoms. The second-order valence-corrected chi connectivity index (χ2v) is 6.35. The molecular formula is C19H20N2O2. The van der Waals surface area contributed by atoms with Gasteiger partial charge in [0.15, 0.2) is 0 Å². The Morgan fingerprint density at radius 3 is 2.70 bits per heavy atom. The predicted octanol–water partition coefficient (Wildman–Crippen LogP) is 3.65. The van der Waals surface area contributed by atoms with E-state index in [0.29, 0.717) is 6.61 Å². The third-order valence-electron chi connectivity index (χ3n) is 4.55. The van der Waals surface area contributed by atoms with Crippen LogP contribution in [0.1, 0.15) is 36.6 Å². The smallest absolute Gasteiger partial charge is 0.323 e. The van der Waals surface area contributed by atoms with Crippen molar-refractivity contribution in [1.29, 1.82) is 0 Å². The lowest BCUT2D eigenvalue weighted by molar-refractivity contribution is 0.240. The average molecular weight is 308 g/mol. The number of nitrogens with zero attached hydrogens (tertiary/aromatic N) is 1. The average Bonchev–Trinajstić information content (AvgIpc) is 3.03. The van der Waals surface area contributed by atoms with Crippen molar-refractivity contribution in [2.75, 3.05) is 11.5 Å². The van der Waals surface area contributed by atoms with Crippen LogP contribution in [0.3, 0.4) is 0 Å². The number of ether oxygens (including phenoxy) is 1. The van der Waals surface area contributed by atoms with Gasteiger partial charge in [0.05, 0.1) is 18.3 Å². The van der Waals surface area contributed by atoms with Crippen molar-refractivity contribution >= 4 is 11.7 Å². The van der Waals surface area contributed by atoms with Crippen LogP contribution in [0.2, 0.25) is 0 Å². The van der Waals surface area contributed by atoms with Gasteiger partial charge in [0, 0.05) is 18.0 Å². The third kappa shape index (κ3) is 2.17. The zero-order chi connectivity index (χ0) is 16.0. The van der Waals surface area contributed by atoms with E-state index in [2.05, 4.69) is 17.4 Å². The highest BCUT2D eigenvalue weighted by Crippen LogP contribution is 2.45. The molecule has 0 aliphatic carbocycles. The highest BCUT2D eigenvalue weighted by molar-refractivity contribution is 5.98. The Bertz CT molecular complexity index is 755. The summed E-state index contributed by atoms with van der Waals surface area (Å²) in [5, 5.41) is 3.14. The van der Waals surface area contributed by atoms with Crippen LogP contribution < -0.4 is 15.0 Å². The van der Waals surface area contributed by atoms with Gasteiger partial charge in [0.2, 0.25) is 0 Å². The molecule has 2 heterocycles. The van der Waals surface area contributed by atoms with Gasteiger partial charge >= 0.3 is 6.03 Å². The normalized spacial score (nSPS) is 19.2. The molecule has 1 unspecified atom stereocenters. The fourth-order valence-electron chi connectivity index (χ4n) is 3.50. The molecule has 2 amide bonds. The molecule has 23 heavy (non-hydrogen) atoms. The maximum absolute atomic E-state index is 12.7. The van der Waals surface area contributed by atoms with Gasteiger partial charge in [-0.05, 0) is 25.0 Å². The highest BCUT2D eigenvalue weighted by atomic mass is 16.5. The van der Waals surface area contributed by atoms with Crippen molar-refractivity contribution in [1.82, 2.24) is 5.32 Å². The number of carbonyl (C=O) groups excluding carboxylic acids is 1. The standard InChI is InChI=1S/C19H20N2O2/c1-12(2)21-17-15(9-8-14-10-11-23-18(14)17)16(20-19(21)22)13-6-4-3-5-7-13/h3-9,12,16H,10-11H2,1-2H3,(H,20,22). The van der Waals surface area contributed by atoms with E-state index in [4.69, 9.17) is 4.74 Å². The van der Waals surface area contributed by atoms with Crippen LogP contribution in [0.15, 0.2) is 42.5 Å². The van der Waals surface area contributed by atoms with E-state index in [-0.39, 0.29) is 18.1 Å². The number of anilines is 1.